The maximum atomic E-state index is 13.1. The Morgan fingerprint density at radius 1 is 1.35 bits per heavy atom. The Balaban J connectivity index is 1.53. The number of aromatic amines is 1. The van der Waals surface area contributed by atoms with Crippen molar-refractivity contribution in [1.29, 1.82) is 0 Å². The number of aryl methyl sites for hydroxylation is 2. The van der Waals surface area contributed by atoms with E-state index in [-0.39, 0.29) is 18.1 Å². The number of aromatic nitrogens is 2. The van der Waals surface area contributed by atoms with Gasteiger partial charge in [0.1, 0.15) is 5.82 Å². The SMILES string of the molecule is CO[C@@H]1C[C@@H](c2nc(C)c(C)[nH]2)N(C(=O)CN2CCc3ccccc32)C1. The van der Waals surface area contributed by atoms with Gasteiger partial charge in [0.25, 0.3) is 0 Å². The molecule has 1 aromatic heterocycles. The van der Waals surface area contributed by atoms with Gasteiger partial charge in [-0.05, 0) is 31.9 Å². The molecule has 1 N–H and O–H groups in total. The number of hydrogen-bond donors (Lipinski definition) is 1. The highest BCUT2D eigenvalue weighted by Gasteiger charge is 2.38. The molecule has 138 valence electrons. The summed E-state index contributed by atoms with van der Waals surface area (Å²) in [7, 11) is 1.71. The Bertz CT molecular complexity index is 796. The minimum absolute atomic E-state index is 0.0438. The topological polar surface area (TPSA) is 61.5 Å². The number of H-pyrrole nitrogens is 1. The molecule has 1 aromatic carbocycles. The minimum atomic E-state index is -0.0438. The quantitative estimate of drug-likeness (QED) is 0.916. The molecule has 1 saturated heterocycles. The molecule has 2 atom stereocenters. The van der Waals surface area contributed by atoms with Gasteiger partial charge < -0.3 is 19.5 Å². The van der Waals surface area contributed by atoms with E-state index in [2.05, 4.69) is 33.1 Å². The molecule has 0 aliphatic carbocycles. The van der Waals surface area contributed by atoms with E-state index in [1.807, 2.05) is 24.8 Å². The standard InChI is InChI=1S/C20H26N4O2/c1-13-14(2)22-20(21-13)18-10-16(26-3)11-24(18)19(25)12-23-9-8-15-6-4-5-7-17(15)23/h4-7,16,18H,8-12H2,1-3H3,(H,21,22)/t16-,18+/m1/s1. The van der Waals surface area contributed by atoms with E-state index in [0.717, 1.165) is 36.6 Å². The zero-order chi connectivity index (χ0) is 18.3. The molecule has 0 bridgehead atoms. The minimum Gasteiger partial charge on any atom is -0.380 e. The number of fused-ring (bicyclic) bond motifs is 1. The van der Waals surface area contributed by atoms with Gasteiger partial charge in [0, 0.05) is 38.0 Å². The highest BCUT2D eigenvalue weighted by molar-refractivity contribution is 5.83. The van der Waals surface area contributed by atoms with Gasteiger partial charge in [-0.3, -0.25) is 4.79 Å². The molecule has 26 heavy (non-hydrogen) atoms. The Labute approximate surface area is 154 Å². The van der Waals surface area contributed by atoms with Crippen LogP contribution in [-0.4, -0.2) is 53.6 Å². The Kier molecular flexibility index (Phi) is 4.44. The Hall–Kier alpha value is -2.34. The number of carbonyl (C=O) groups excluding carboxylic acids is 1. The summed E-state index contributed by atoms with van der Waals surface area (Å²) < 4.78 is 5.56. The molecule has 0 saturated carbocycles. The molecule has 6 nitrogen and oxygen atoms in total. The smallest absolute Gasteiger partial charge is 0.242 e. The molecule has 0 unspecified atom stereocenters. The van der Waals surface area contributed by atoms with E-state index < -0.39 is 0 Å². The molecule has 0 radical (unpaired) electrons. The van der Waals surface area contributed by atoms with Gasteiger partial charge in [-0.2, -0.15) is 0 Å². The number of para-hydroxylation sites is 1. The van der Waals surface area contributed by atoms with Crippen LogP contribution in [0.1, 0.15) is 35.2 Å². The lowest BCUT2D eigenvalue weighted by Crippen LogP contribution is -2.40. The fraction of sp³-hybridized carbons (Fsp3) is 0.500. The maximum absolute atomic E-state index is 13.1. The van der Waals surface area contributed by atoms with Crippen LogP contribution in [0.15, 0.2) is 24.3 Å². The summed E-state index contributed by atoms with van der Waals surface area (Å²) in [5.41, 5.74) is 4.55. The molecule has 0 spiro atoms. The number of ether oxygens (including phenoxy) is 1. The van der Waals surface area contributed by atoms with Gasteiger partial charge in [-0.1, -0.05) is 18.2 Å². The number of carbonyl (C=O) groups is 1. The van der Waals surface area contributed by atoms with Crippen LogP contribution in [0.25, 0.3) is 0 Å². The van der Waals surface area contributed by atoms with Gasteiger partial charge in [-0.25, -0.2) is 4.98 Å². The van der Waals surface area contributed by atoms with Crippen LogP contribution in [0.4, 0.5) is 5.69 Å². The highest BCUT2D eigenvalue weighted by atomic mass is 16.5. The van der Waals surface area contributed by atoms with Gasteiger partial charge >= 0.3 is 0 Å². The molecule has 1 amide bonds. The van der Waals surface area contributed by atoms with Crippen molar-refractivity contribution < 1.29 is 9.53 Å². The molecule has 1 fully saturated rings. The predicted molar refractivity (Wildman–Crippen MR) is 100 cm³/mol. The Morgan fingerprint density at radius 3 is 2.88 bits per heavy atom. The summed E-state index contributed by atoms with van der Waals surface area (Å²) in [6.07, 6.45) is 1.84. The highest BCUT2D eigenvalue weighted by Crippen LogP contribution is 2.33. The summed E-state index contributed by atoms with van der Waals surface area (Å²) in [6, 6.07) is 8.31. The van der Waals surface area contributed by atoms with Crippen molar-refractivity contribution in [2.24, 2.45) is 0 Å². The fourth-order valence-corrected chi connectivity index (χ4v) is 4.06. The number of benzene rings is 1. The summed E-state index contributed by atoms with van der Waals surface area (Å²) in [6.45, 7) is 5.93. The van der Waals surface area contributed by atoms with E-state index in [1.54, 1.807) is 7.11 Å². The molecule has 6 heteroatoms. The molecule has 3 heterocycles. The molecule has 2 aromatic rings. The first-order valence-electron chi connectivity index (χ1n) is 9.25. The monoisotopic (exact) mass is 354 g/mol. The number of methoxy groups -OCH3 is 1. The van der Waals surface area contributed by atoms with Crippen LogP contribution in [0, 0.1) is 13.8 Å². The number of hydrogen-bond acceptors (Lipinski definition) is 4. The van der Waals surface area contributed by atoms with Crippen molar-refractivity contribution >= 4 is 11.6 Å². The zero-order valence-corrected chi connectivity index (χ0v) is 15.7. The third kappa shape index (κ3) is 2.98. The summed E-state index contributed by atoms with van der Waals surface area (Å²) in [4.78, 5) is 25.3. The summed E-state index contributed by atoms with van der Waals surface area (Å²) in [5.74, 6) is 1.01. The average Bonchev–Trinajstić information content (AvgIpc) is 3.33. The second kappa shape index (κ2) is 6.76. The molecule has 2 aliphatic rings. The van der Waals surface area contributed by atoms with E-state index >= 15 is 0 Å². The largest absolute Gasteiger partial charge is 0.380 e. The van der Waals surface area contributed by atoms with Crippen LogP contribution in [-0.2, 0) is 16.0 Å². The van der Waals surface area contributed by atoms with E-state index in [1.165, 1.54) is 11.3 Å². The van der Waals surface area contributed by atoms with Crippen LogP contribution < -0.4 is 4.90 Å². The normalized spacial score (nSPS) is 22.1. The van der Waals surface area contributed by atoms with Crippen molar-refractivity contribution in [2.75, 3.05) is 31.6 Å². The third-order valence-electron chi connectivity index (χ3n) is 5.69. The summed E-state index contributed by atoms with van der Waals surface area (Å²) >= 11 is 0. The number of anilines is 1. The molecular formula is C20H26N4O2. The number of imidazole rings is 1. The fourth-order valence-electron chi connectivity index (χ4n) is 4.06. The maximum Gasteiger partial charge on any atom is 0.242 e. The lowest BCUT2D eigenvalue weighted by Gasteiger charge is -2.27. The van der Waals surface area contributed by atoms with Gasteiger partial charge in [-0.15, -0.1) is 0 Å². The Morgan fingerprint density at radius 2 is 2.15 bits per heavy atom. The van der Waals surface area contributed by atoms with Crippen molar-refractivity contribution in [3.05, 3.63) is 47.0 Å². The second-order valence-corrected chi connectivity index (χ2v) is 7.29. The molecular weight excluding hydrogens is 328 g/mol. The van der Waals surface area contributed by atoms with Crippen molar-refractivity contribution in [2.45, 2.75) is 38.8 Å². The number of rotatable bonds is 4. The zero-order valence-electron chi connectivity index (χ0n) is 15.7. The number of likely N-dealkylation sites (tertiary alicyclic amines) is 1. The second-order valence-electron chi connectivity index (χ2n) is 7.29. The molecule has 2 aliphatic heterocycles. The van der Waals surface area contributed by atoms with Gasteiger partial charge in [0.15, 0.2) is 0 Å². The number of amides is 1. The van der Waals surface area contributed by atoms with Gasteiger partial charge in [0.05, 0.1) is 24.4 Å². The van der Waals surface area contributed by atoms with Crippen molar-refractivity contribution in [3.8, 4) is 0 Å². The average molecular weight is 354 g/mol. The van der Waals surface area contributed by atoms with Crippen LogP contribution in [0.5, 0.6) is 0 Å². The lowest BCUT2D eigenvalue weighted by molar-refractivity contribution is -0.131. The van der Waals surface area contributed by atoms with E-state index in [9.17, 15) is 4.79 Å². The van der Waals surface area contributed by atoms with E-state index in [4.69, 9.17) is 4.74 Å². The van der Waals surface area contributed by atoms with Crippen molar-refractivity contribution in [3.63, 3.8) is 0 Å². The number of nitrogens with zero attached hydrogens (tertiary/aromatic N) is 3. The third-order valence-corrected chi connectivity index (χ3v) is 5.69. The lowest BCUT2D eigenvalue weighted by atomic mass is 10.2. The first-order chi connectivity index (χ1) is 12.6. The van der Waals surface area contributed by atoms with E-state index in [0.29, 0.717) is 13.1 Å². The molecule has 4 rings (SSSR count). The van der Waals surface area contributed by atoms with Crippen LogP contribution in [0.2, 0.25) is 0 Å². The first kappa shape index (κ1) is 17.1. The van der Waals surface area contributed by atoms with Crippen LogP contribution in [0.3, 0.4) is 0 Å². The van der Waals surface area contributed by atoms with Crippen LogP contribution >= 0.6 is 0 Å². The van der Waals surface area contributed by atoms with Gasteiger partial charge in [0.2, 0.25) is 5.91 Å². The van der Waals surface area contributed by atoms with Crippen molar-refractivity contribution in [1.82, 2.24) is 14.9 Å². The first-order valence-corrected chi connectivity index (χ1v) is 9.25. The summed E-state index contributed by atoms with van der Waals surface area (Å²) in [5, 5.41) is 0. The number of nitrogens with one attached hydrogen (secondary N) is 1. The predicted octanol–water partition coefficient (Wildman–Crippen LogP) is 2.38.